The van der Waals surface area contributed by atoms with E-state index in [0.717, 1.165) is 30.4 Å². The molecule has 8 heteroatoms. The van der Waals surface area contributed by atoms with Crippen molar-refractivity contribution in [3.63, 3.8) is 0 Å². The fraction of sp³-hybridized carbons (Fsp3) is 0.286. The number of hydrogen-bond donors (Lipinski definition) is 2. The second-order valence-electron chi connectivity index (χ2n) is 5.06. The van der Waals surface area contributed by atoms with Gasteiger partial charge in [-0.2, -0.15) is 26.3 Å². The quantitative estimate of drug-likeness (QED) is 0.613. The molecular weight excluding hydrogens is 310 g/mol. The maximum Gasteiger partial charge on any atom is 0.417 e. The maximum atomic E-state index is 13.2. The Kier molecular flexibility index (Phi) is 3.87. The molecule has 2 rings (SSSR count). The first kappa shape index (κ1) is 16.6. The smallest absolute Gasteiger partial charge is 0.310 e. The van der Waals surface area contributed by atoms with Crippen LogP contribution in [0, 0.1) is 0 Å². The van der Waals surface area contributed by atoms with Crippen molar-refractivity contribution in [3.05, 3.63) is 53.1 Å². The van der Waals surface area contributed by atoms with E-state index >= 15 is 0 Å². The summed E-state index contributed by atoms with van der Waals surface area (Å²) in [6.45, 7) is 0. The lowest BCUT2D eigenvalue weighted by atomic mass is 9.85. The first-order valence-electron chi connectivity index (χ1n) is 6.16. The molecule has 4 N–H and O–H groups in total. The lowest BCUT2D eigenvalue weighted by Crippen LogP contribution is -2.49. The highest BCUT2D eigenvalue weighted by Gasteiger charge is 2.42. The molecule has 0 aromatic heterocycles. The maximum absolute atomic E-state index is 13.2. The van der Waals surface area contributed by atoms with Gasteiger partial charge < -0.3 is 11.5 Å². The largest absolute Gasteiger partial charge is 0.417 e. The van der Waals surface area contributed by atoms with Crippen LogP contribution >= 0.6 is 0 Å². The van der Waals surface area contributed by atoms with Crippen LogP contribution in [0.4, 0.5) is 26.3 Å². The van der Waals surface area contributed by atoms with Gasteiger partial charge in [-0.25, -0.2) is 0 Å². The minimum absolute atomic E-state index is 0.547. The fourth-order valence-corrected chi connectivity index (χ4v) is 2.27. The van der Waals surface area contributed by atoms with Gasteiger partial charge in [0.25, 0.3) is 0 Å². The Bertz CT molecular complexity index is 637. The van der Waals surface area contributed by atoms with Crippen molar-refractivity contribution in [2.75, 3.05) is 0 Å². The summed E-state index contributed by atoms with van der Waals surface area (Å²) in [5.41, 5.74) is 5.76. The molecule has 0 aliphatic heterocycles. The van der Waals surface area contributed by atoms with E-state index in [4.69, 9.17) is 11.5 Å². The molecule has 1 aromatic carbocycles. The molecule has 2 nitrogen and oxygen atoms in total. The van der Waals surface area contributed by atoms with E-state index in [9.17, 15) is 26.3 Å². The van der Waals surface area contributed by atoms with E-state index in [1.54, 1.807) is 0 Å². The Labute approximate surface area is 122 Å². The van der Waals surface area contributed by atoms with Gasteiger partial charge in [-0.1, -0.05) is 24.3 Å². The molecule has 1 aliphatic rings. The van der Waals surface area contributed by atoms with Crippen molar-refractivity contribution in [2.24, 2.45) is 11.5 Å². The zero-order valence-electron chi connectivity index (χ0n) is 11.1. The molecule has 0 radical (unpaired) electrons. The summed E-state index contributed by atoms with van der Waals surface area (Å²) < 4.78 is 78.5. The SMILES string of the molecule is NC1(N)C=CC(c2ccccc2C(F)(F)F)=C(C(F)(F)F)C1. The van der Waals surface area contributed by atoms with Gasteiger partial charge >= 0.3 is 12.4 Å². The standard InChI is InChI=1S/C14H12F6N2/c15-13(16,17)10-4-2-1-3-8(10)9-5-6-12(21,22)7-11(9)14(18,19)20/h1-6H,7,21-22H2. The average molecular weight is 322 g/mol. The van der Waals surface area contributed by atoms with Crippen LogP contribution in [0.5, 0.6) is 0 Å². The predicted molar refractivity (Wildman–Crippen MR) is 69.3 cm³/mol. The van der Waals surface area contributed by atoms with Crippen LogP contribution in [0.3, 0.4) is 0 Å². The topological polar surface area (TPSA) is 52.0 Å². The van der Waals surface area contributed by atoms with E-state index in [0.29, 0.717) is 0 Å². The number of halogens is 6. The number of nitrogens with two attached hydrogens (primary N) is 2. The Morgan fingerprint density at radius 2 is 1.50 bits per heavy atom. The van der Waals surface area contributed by atoms with Gasteiger partial charge in [0.1, 0.15) is 0 Å². The zero-order chi connectivity index (χ0) is 16.8. The molecule has 0 heterocycles. The predicted octanol–water partition coefficient (Wildman–Crippen LogP) is 3.59. The third-order valence-electron chi connectivity index (χ3n) is 3.23. The Morgan fingerprint density at radius 3 is 2.05 bits per heavy atom. The average Bonchev–Trinajstić information content (AvgIpc) is 2.36. The normalized spacial score (nSPS) is 18.7. The van der Waals surface area contributed by atoms with E-state index in [2.05, 4.69) is 0 Å². The molecule has 0 amide bonds. The van der Waals surface area contributed by atoms with Crippen LogP contribution in [-0.2, 0) is 6.18 Å². The van der Waals surface area contributed by atoms with E-state index in [-0.39, 0.29) is 0 Å². The van der Waals surface area contributed by atoms with Crippen molar-refractivity contribution < 1.29 is 26.3 Å². The molecule has 0 bridgehead atoms. The zero-order valence-corrected chi connectivity index (χ0v) is 11.1. The molecule has 1 aliphatic carbocycles. The van der Waals surface area contributed by atoms with E-state index < -0.39 is 46.7 Å². The van der Waals surface area contributed by atoms with Crippen molar-refractivity contribution in [1.82, 2.24) is 0 Å². The van der Waals surface area contributed by atoms with Crippen LogP contribution in [-0.4, -0.2) is 11.8 Å². The van der Waals surface area contributed by atoms with Crippen LogP contribution < -0.4 is 11.5 Å². The molecule has 1 aromatic rings. The highest BCUT2D eigenvalue weighted by atomic mass is 19.4. The molecule has 120 valence electrons. The number of alkyl halides is 6. The van der Waals surface area contributed by atoms with Gasteiger partial charge in [0.2, 0.25) is 0 Å². The molecule has 0 saturated carbocycles. The number of hydrogen-bond acceptors (Lipinski definition) is 2. The third kappa shape index (κ3) is 3.33. The number of benzene rings is 1. The summed E-state index contributed by atoms with van der Waals surface area (Å²) in [4.78, 5) is 0. The minimum Gasteiger partial charge on any atom is -0.310 e. The molecule has 0 saturated heterocycles. The summed E-state index contributed by atoms with van der Waals surface area (Å²) in [5.74, 6) is 0. The van der Waals surface area contributed by atoms with Gasteiger partial charge in [0, 0.05) is 12.0 Å². The molecule has 22 heavy (non-hydrogen) atoms. The fourth-order valence-electron chi connectivity index (χ4n) is 2.27. The first-order valence-corrected chi connectivity index (χ1v) is 6.16. The Morgan fingerprint density at radius 1 is 0.909 bits per heavy atom. The molecule has 0 spiro atoms. The van der Waals surface area contributed by atoms with Gasteiger partial charge in [-0.05, 0) is 23.3 Å². The summed E-state index contributed by atoms with van der Waals surface area (Å²) >= 11 is 0. The molecular formula is C14H12F6N2. The van der Waals surface area contributed by atoms with E-state index in [1.807, 2.05) is 0 Å². The molecule has 0 fully saturated rings. The van der Waals surface area contributed by atoms with Gasteiger partial charge in [-0.15, -0.1) is 0 Å². The highest BCUT2D eigenvalue weighted by Crippen LogP contribution is 2.43. The third-order valence-corrected chi connectivity index (χ3v) is 3.23. The van der Waals surface area contributed by atoms with Crippen LogP contribution in [0.25, 0.3) is 5.57 Å². The number of allylic oxidation sites excluding steroid dienone is 2. The molecule has 0 atom stereocenters. The van der Waals surface area contributed by atoms with Gasteiger partial charge in [0.05, 0.1) is 11.2 Å². The second-order valence-corrected chi connectivity index (χ2v) is 5.06. The lowest BCUT2D eigenvalue weighted by molar-refractivity contribution is -0.137. The van der Waals surface area contributed by atoms with Gasteiger partial charge in [0.15, 0.2) is 0 Å². The van der Waals surface area contributed by atoms with Crippen molar-refractivity contribution in [2.45, 2.75) is 24.4 Å². The monoisotopic (exact) mass is 322 g/mol. The summed E-state index contributed by atoms with van der Waals surface area (Å²) in [7, 11) is 0. The second kappa shape index (κ2) is 5.13. The van der Waals surface area contributed by atoms with E-state index in [1.165, 1.54) is 6.07 Å². The minimum atomic E-state index is -4.83. The first-order chi connectivity index (χ1) is 9.92. The van der Waals surface area contributed by atoms with Crippen LogP contribution in [0.1, 0.15) is 17.5 Å². The summed E-state index contributed by atoms with van der Waals surface area (Å²) in [5, 5.41) is 0. The Balaban J connectivity index is 2.69. The van der Waals surface area contributed by atoms with Crippen molar-refractivity contribution in [1.29, 1.82) is 0 Å². The van der Waals surface area contributed by atoms with Crippen molar-refractivity contribution >= 4 is 5.57 Å². The Hall–Kier alpha value is -1.80. The van der Waals surface area contributed by atoms with Crippen molar-refractivity contribution in [3.8, 4) is 0 Å². The van der Waals surface area contributed by atoms with Gasteiger partial charge in [-0.3, -0.25) is 0 Å². The lowest BCUT2D eigenvalue weighted by Gasteiger charge is -2.30. The highest BCUT2D eigenvalue weighted by molar-refractivity contribution is 5.81. The molecule has 0 unspecified atom stereocenters. The van der Waals surface area contributed by atoms with Crippen LogP contribution in [0.15, 0.2) is 42.0 Å². The van der Waals surface area contributed by atoms with Crippen LogP contribution in [0.2, 0.25) is 0 Å². The summed E-state index contributed by atoms with van der Waals surface area (Å²) in [6.07, 6.45) is -8.42. The number of rotatable bonds is 1. The summed E-state index contributed by atoms with van der Waals surface area (Å²) in [6, 6.07) is 4.08.